The molecule has 0 spiro atoms. The Morgan fingerprint density at radius 1 is 0.821 bits per heavy atom. The van der Waals surface area contributed by atoms with Gasteiger partial charge in [0.1, 0.15) is 12.1 Å². The number of rotatable bonds is 14. The van der Waals surface area contributed by atoms with E-state index in [-0.39, 0.29) is 30.1 Å². The minimum atomic E-state index is -1.07. The van der Waals surface area contributed by atoms with E-state index >= 15 is 0 Å². The molecule has 28 heavy (non-hydrogen) atoms. The van der Waals surface area contributed by atoms with E-state index in [0.29, 0.717) is 25.8 Å². The van der Waals surface area contributed by atoms with E-state index in [0.717, 1.165) is 12.8 Å². The fraction of sp³-hybridized carbons (Fsp3) is 0.800. The number of unbranched alkanes of at least 4 members (excludes halogenated alkanes) is 2. The molecule has 8 nitrogen and oxygen atoms in total. The van der Waals surface area contributed by atoms with Crippen LogP contribution in [0.15, 0.2) is 0 Å². The third kappa shape index (κ3) is 13.1. The third-order valence-corrected chi connectivity index (χ3v) is 4.14. The molecule has 0 rings (SSSR count). The maximum absolute atomic E-state index is 12.6. The molecule has 0 unspecified atom stereocenters. The van der Waals surface area contributed by atoms with Gasteiger partial charge in [0.2, 0.25) is 17.7 Å². The minimum absolute atomic E-state index is 0.0718. The predicted molar refractivity (Wildman–Crippen MR) is 108 cm³/mol. The minimum Gasteiger partial charge on any atom is -0.480 e. The lowest BCUT2D eigenvalue weighted by atomic mass is 10.0. The molecule has 0 fully saturated rings. The normalized spacial score (nSPS) is 13.1. The number of aliphatic carboxylic acids is 1. The Hall–Kier alpha value is -2.12. The van der Waals surface area contributed by atoms with Gasteiger partial charge >= 0.3 is 5.97 Å². The number of amides is 3. The van der Waals surface area contributed by atoms with Crippen LogP contribution in [0.4, 0.5) is 0 Å². The van der Waals surface area contributed by atoms with Gasteiger partial charge in [-0.15, -0.1) is 0 Å². The van der Waals surface area contributed by atoms with Crippen LogP contribution in [0.5, 0.6) is 0 Å². The monoisotopic (exact) mass is 399 g/mol. The zero-order valence-electron chi connectivity index (χ0n) is 17.8. The van der Waals surface area contributed by atoms with Gasteiger partial charge in [0, 0.05) is 19.9 Å². The van der Waals surface area contributed by atoms with Gasteiger partial charge in [-0.2, -0.15) is 0 Å². The quantitative estimate of drug-likeness (QED) is 0.332. The van der Waals surface area contributed by atoms with Crippen LogP contribution >= 0.6 is 0 Å². The van der Waals surface area contributed by atoms with Crippen LogP contribution in [0.25, 0.3) is 0 Å². The molecule has 0 bridgehead atoms. The van der Waals surface area contributed by atoms with E-state index in [1.165, 1.54) is 6.92 Å². The van der Waals surface area contributed by atoms with Crippen LogP contribution in [-0.2, 0) is 19.2 Å². The van der Waals surface area contributed by atoms with E-state index in [1.54, 1.807) is 0 Å². The molecule has 0 aliphatic heterocycles. The highest BCUT2D eigenvalue weighted by molar-refractivity contribution is 5.90. The molecule has 8 heteroatoms. The molecule has 0 aromatic heterocycles. The van der Waals surface area contributed by atoms with Crippen LogP contribution in [0.3, 0.4) is 0 Å². The van der Waals surface area contributed by atoms with Gasteiger partial charge in [-0.05, 0) is 37.5 Å². The summed E-state index contributed by atoms with van der Waals surface area (Å²) in [4.78, 5) is 46.9. The number of carbonyl (C=O) groups is 4. The molecular formula is C20H37N3O5. The molecule has 0 aromatic rings. The van der Waals surface area contributed by atoms with E-state index < -0.39 is 24.0 Å². The number of carbonyl (C=O) groups excluding carboxylic acids is 3. The van der Waals surface area contributed by atoms with E-state index in [4.69, 9.17) is 0 Å². The molecular weight excluding hydrogens is 362 g/mol. The van der Waals surface area contributed by atoms with Crippen molar-refractivity contribution in [2.24, 2.45) is 11.8 Å². The van der Waals surface area contributed by atoms with Gasteiger partial charge in [0.05, 0.1) is 0 Å². The van der Waals surface area contributed by atoms with Gasteiger partial charge in [0.15, 0.2) is 0 Å². The van der Waals surface area contributed by atoms with Crippen molar-refractivity contribution in [3.05, 3.63) is 0 Å². The summed E-state index contributed by atoms with van der Waals surface area (Å²) in [5.74, 6) is -1.54. The zero-order valence-corrected chi connectivity index (χ0v) is 17.8. The highest BCUT2D eigenvalue weighted by Gasteiger charge is 2.27. The van der Waals surface area contributed by atoms with Crippen molar-refractivity contribution in [2.45, 2.75) is 85.2 Å². The van der Waals surface area contributed by atoms with Gasteiger partial charge in [-0.1, -0.05) is 34.1 Å². The van der Waals surface area contributed by atoms with Gasteiger partial charge in [-0.25, -0.2) is 4.79 Å². The number of carboxylic acid groups (broad SMARTS) is 1. The fourth-order valence-corrected chi connectivity index (χ4v) is 2.79. The lowest BCUT2D eigenvalue weighted by Crippen LogP contribution is -2.52. The van der Waals surface area contributed by atoms with Crippen LogP contribution in [0, 0.1) is 11.8 Å². The third-order valence-electron chi connectivity index (χ3n) is 4.14. The summed E-state index contributed by atoms with van der Waals surface area (Å²) in [6.07, 6.45) is 3.30. The largest absolute Gasteiger partial charge is 0.480 e. The maximum Gasteiger partial charge on any atom is 0.326 e. The molecule has 0 radical (unpaired) electrons. The van der Waals surface area contributed by atoms with Crippen molar-refractivity contribution in [3.8, 4) is 0 Å². The summed E-state index contributed by atoms with van der Waals surface area (Å²) in [7, 11) is 0. The van der Waals surface area contributed by atoms with Crippen molar-refractivity contribution in [1.82, 2.24) is 16.0 Å². The molecule has 0 aliphatic rings. The topological polar surface area (TPSA) is 125 Å². The predicted octanol–water partition coefficient (Wildman–Crippen LogP) is 1.83. The first-order valence-electron chi connectivity index (χ1n) is 10.1. The molecule has 162 valence electrons. The number of carboxylic acids is 1. The SMILES string of the molecule is CC(=O)NCCCCCC(=O)N[C@@H](CC(C)C)C(=O)N[C@@H](CC(C)C)C(=O)O. The number of hydrogen-bond donors (Lipinski definition) is 4. The second-order valence-electron chi connectivity index (χ2n) is 8.07. The molecule has 0 aromatic carbocycles. The average Bonchev–Trinajstić information content (AvgIpc) is 2.55. The Labute approximate surface area is 168 Å². The van der Waals surface area contributed by atoms with Crippen LogP contribution in [0.2, 0.25) is 0 Å². The summed E-state index contributed by atoms with van der Waals surface area (Å²) in [5.41, 5.74) is 0. The Kier molecular flexibility index (Phi) is 12.9. The fourth-order valence-electron chi connectivity index (χ4n) is 2.79. The first-order valence-corrected chi connectivity index (χ1v) is 10.1. The van der Waals surface area contributed by atoms with Crippen LogP contribution < -0.4 is 16.0 Å². The Morgan fingerprint density at radius 3 is 1.89 bits per heavy atom. The van der Waals surface area contributed by atoms with E-state index in [9.17, 15) is 24.3 Å². The molecule has 4 N–H and O–H groups in total. The van der Waals surface area contributed by atoms with Crippen LogP contribution in [0.1, 0.15) is 73.1 Å². The summed E-state index contributed by atoms with van der Waals surface area (Å²) in [6, 6.07) is -1.71. The zero-order chi connectivity index (χ0) is 21.7. The second-order valence-corrected chi connectivity index (χ2v) is 8.07. The number of nitrogens with one attached hydrogen (secondary N) is 3. The summed E-state index contributed by atoms with van der Waals surface area (Å²) in [5, 5.41) is 17.3. The Bertz CT molecular complexity index is 520. The highest BCUT2D eigenvalue weighted by Crippen LogP contribution is 2.09. The standard InChI is InChI=1S/C20H37N3O5/c1-13(2)11-16(19(26)23-17(20(27)28)12-14(3)4)22-18(25)9-7-6-8-10-21-15(5)24/h13-14,16-17H,6-12H2,1-5H3,(H,21,24)(H,22,25)(H,23,26)(H,27,28)/t16-,17-/m0/s1. The first-order chi connectivity index (χ1) is 13.0. The Morgan fingerprint density at radius 2 is 1.39 bits per heavy atom. The van der Waals surface area contributed by atoms with Crippen molar-refractivity contribution in [3.63, 3.8) is 0 Å². The number of hydrogen-bond acceptors (Lipinski definition) is 4. The molecule has 2 atom stereocenters. The summed E-state index contributed by atoms with van der Waals surface area (Å²) < 4.78 is 0. The lowest BCUT2D eigenvalue weighted by molar-refractivity contribution is -0.142. The van der Waals surface area contributed by atoms with E-state index in [1.807, 2.05) is 27.7 Å². The van der Waals surface area contributed by atoms with E-state index in [2.05, 4.69) is 16.0 Å². The van der Waals surface area contributed by atoms with Crippen molar-refractivity contribution in [2.75, 3.05) is 6.54 Å². The molecule has 0 aliphatic carbocycles. The van der Waals surface area contributed by atoms with Crippen molar-refractivity contribution in [1.29, 1.82) is 0 Å². The van der Waals surface area contributed by atoms with Crippen molar-refractivity contribution >= 4 is 23.7 Å². The second kappa shape index (κ2) is 14.0. The van der Waals surface area contributed by atoms with Crippen LogP contribution in [-0.4, -0.2) is 47.4 Å². The van der Waals surface area contributed by atoms with Gasteiger partial charge in [-0.3, -0.25) is 14.4 Å². The molecule has 0 saturated carbocycles. The van der Waals surface area contributed by atoms with Crippen molar-refractivity contribution < 1.29 is 24.3 Å². The average molecular weight is 400 g/mol. The van der Waals surface area contributed by atoms with Gasteiger partial charge < -0.3 is 21.1 Å². The lowest BCUT2D eigenvalue weighted by Gasteiger charge is -2.23. The van der Waals surface area contributed by atoms with Gasteiger partial charge in [0.25, 0.3) is 0 Å². The maximum atomic E-state index is 12.6. The first kappa shape index (κ1) is 25.9. The molecule has 0 saturated heterocycles. The Balaban J connectivity index is 4.58. The molecule has 0 heterocycles. The highest BCUT2D eigenvalue weighted by atomic mass is 16.4. The summed E-state index contributed by atoms with van der Waals surface area (Å²) >= 11 is 0. The molecule has 3 amide bonds. The summed E-state index contributed by atoms with van der Waals surface area (Å²) in [6.45, 7) is 9.71. The smallest absolute Gasteiger partial charge is 0.326 e.